The fourth-order valence-corrected chi connectivity index (χ4v) is 7.58. The van der Waals surface area contributed by atoms with Gasteiger partial charge in [0.2, 0.25) is 10.0 Å². The van der Waals surface area contributed by atoms with Crippen LogP contribution in [0.5, 0.6) is 11.5 Å². The number of nitrogens with one attached hydrogen (secondary N) is 3. The van der Waals surface area contributed by atoms with Crippen LogP contribution in [0.2, 0.25) is 0 Å². The highest BCUT2D eigenvalue weighted by molar-refractivity contribution is 7.92. The first-order chi connectivity index (χ1) is 23.2. The van der Waals surface area contributed by atoms with E-state index in [0.29, 0.717) is 24.6 Å². The van der Waals surface area contributed by atoms with Crippen molar-refractivity contribution >= 4 is 33.1 Å². The predicted octanol–water partition coefficient (Wildman–Crippen LogP) is 6.73. The molecule has 2 amide bonds. The number of anilines is 2. The molecular weight excluding hydrogens is 643 g/mol. The lowest BCUT2D eigenvalue weighted by molar-refractivity contribution is 0.171. The molecule has 1 aliphatic heterocycles. The zero-order chi connectivity index (χ0) is 35.1. The van der Waals surface area contributed by atoms with E-state index >= 15 is 0 Å². The van der Waals surface area contributed by atoms with Crippen molar-refractivity contribution in [3.05, 3.63) is 77.2 Å². The standard InChI is InChI=1S/C36H47N7O5S/c1-22(2)42-18-10-13-30(42)34-40-39-32-17-14-24(21-43(32)34)48-31-16-15-27(25-11-8-9-12-26(25)31)37-35(44)38-28-19-23(36(3,4)5)20-29(33(28)47-6)41-49(7,45)46/h8-9,11-12,14,17,19-22,27,30-31,41H,10,13,15-16,18H2,1-7H3,(H2,37,38,44)/t27-,30?,31+/m0/s1. The van der Waals surface area contributed by atoms with Gasteiger partial charge in [-0.3, -0.25) is 14.0 Å². The third kappa shape index (κ3) is 7.47. The number of pyridine rings is 1. The summed E-state index contributed by atoms with van der Waals surface area (Å²) >= 11 is 0. The number of ether oxygens (including phenoxy) is 2. The molecule has 3 heterocycles. The lowest BCUT2D eigenvalue weighted by Gasteiger charge is -2.32. The van der Waals surface area contributed by atoms with Gasteiger partial charge in [-0.05, 0) is 92.4 Å². The first kappa shape index (κ1) is 34.5. The molecule has 1 fully saturated rings. The maximum absolute atomic E-state index is 13.5. The van der Waals surface area contributed by atoms with Crippen molar-refractivity contribution in [2.75, 3.05) is 29.9 Å². The average molecular weight is 690 g/mol. The Labute approximate surface area is 288 Å². The molecule has 4 aromatic rings. The van der Waals surface area contributed by atoms with Crippen LogP contribution < -0.4 is 24.8 Å². The average Bonchev–Trinajstić information content (AvgIpc) is 3.68. The molecule has 12 nitrogen and oxygen atoms in total. The topological polar surface area (TPSA) is 139 Å². The van der Waals surface area contributed by atoms with Crippen molar-refractivity contribution in [3.63, 3.8) is 0 Å². The highest BCUT2D eigenvalue weighted by Gasteiger charge is 2.33. The number of nitrogens with zero attached hydrogens (tertiary/aromatic N) is 4. The molecule has 0 bridgehead atoms. The largest absolute Gasteiger partial charge is 0.492 e. The van der Waals surface area contributed by atoms with E-state index < -0.39 is 16.1 Å². The van der Waals surface area contributed by atoms with Crippen LogP contribution >= 0.6 is 0 Å². The summed E-state index contributed by atoms with van der Waals surface area (Å²) in [5, 5.41) is 15.1. The van der Waals surface area contributed by atoms with Gasteiger partial charge < -0.3 is 20.1 Å². The molecule has 49 heavy (non-hydrogen) atoms. The molecule has 0 saturated carbocycles. The summed E-state index contributed by atoms with van der Waals surface area (Å²) in [5.74, 6) is 1.90. The first-order valence-electron chi connectivity index (χ1n) is 16.9. The molecule has 1 aliphatic carbocycles. The van der Waals surface area contributed by atoms with Crippen LogP contribution in [0.3, 0.4) is 0 Å². The predicted molar refractivity (Wildman–Crippen MR) is 191 cm³/mol. The fraction of sp³-hybridized carbons (Fsp3) is 0.472. The number of benzene rings is 2. The zero-order valence-corrected chi connectivity index (χ0v) is 30.1. The lowest BCUT2D eigenvalue weighted by Crippen LogP contribution is -2.35. The van der Waals surface area contributed by atoms with Crippen molar-refractivity contribution in [3.8, 4) is 11.5 Å². The number of amides is 2. The number of methoxy groups -OCH3 is 1. The maximum Gasteiger partial charge on any atom is 0.319 e. The number of hydrogen-bond donors (Lipinski definition) is 3. The van der Waals surface area contributed by atoms with Gasteiger partial charge in [-0.25, -0.2) is 13.2 Å². The number of carbonyl (C=O) groups excluding carboxylic acids is 1. The number of rotatable bonds is 9. The molecule has 262 valence electrons. The molecule has 0 spiro atoms. The Hall–Kier alpha value is -4.36. The molecule has 3 atom stereocenters. The highest BCUT2D eigenvalue weighted by Crippen LogP contribution is 2.41. The Morgan fingerprint density at radius 2 is 1.73 bits per heavy atom. The normalized spacial score (nSPS) is 19.9. The van der Waals surface area contributed by atoms with E-state index in [1.807, 2.05) is 69.4 Å². The third-order valence-electron chi connectivity index (χ3n) is 9.38. The van der Waals surface area contributed by atoms with E-state index in [1.54, 1.807) is 6.07 Å². The second-order valence-electron chi connectivity index (χ2n) is 14.3. The fourth-order valence-electron chi connectivity index (χ4n) is 7.02. The summed E-state index contributed by atoms with van der Waals surface area (Å²) in [4.78, 5) is 16.0. The first-order valence-corrected chi connectivity index (χ1v) is 18.7. The molecule has 0 radical (unpaired) electrons. The van der Waals surface area contributed by atoms with E-state index in [0.717, 1.165) is 59.6 Å². The zero-order valence-electron chi connectivity index (χ0n) is 29.3. The quantitative estimate of drug-likeness (QED) is 0.176. The summed E-state index contributed by atoms with van der Waals surface area (Å²) in [7, 11) is -2.16. The Morgan fingerprint density at radius 1 is 1.00 bits per heavy atom. The van der Waals surface area contributed by atoms with E-state index in [2.05, 4.69) is 48.7 Å². The molecule has 2 aliphatic rings. The summed E-state index contributed by atoms with van der Waals surface area (Å²) in [5.41, 5.74) is 3.91. The number of aromatic nitrogens is 3. The molecule has 6 rings (SSSR count). The van der Waals surface area contributed by atoms with E-state index in [-0.39, 0.29) is 35.0 Å². The van der Waals surface area contributed by atoms with Gasteiger partial charge in [0.15, 0.2) is 17.2 Å². The van der Waals surface area contributed by atoms with Gasteiger partial charge in [-0.1, -0.05) is 45.0 Å². The van der Waals surface area contributed by atoms with Crippen LogP contribution in [0.1, 0.15) is 101 Å². The van der Waals surface area contributed by atoms with Gasteiger partial charge >= 0.3 is 6.03 Å². The Bertz CT molecular complexity index is 1950. The summed E-state index contributed by atoms with van der Waals surface area (Å²) in [6.07, 6.45) is 6.39. The number of carbonyl (C=O) groups is 1. The third-order valence-corrected chi connectivity index (χ3v) is 9.97. The number of urea groups is 1. The van der Waals surface area contributed by atoms with Crippen LogP contribution in [0.15, 0.2) is 54.7 Å². The Balaban J connectivity index is 1.21. The van der Waals surface area contributed by atoms with E-state index in [4.69, 9.17) is 9.47 Å². The van der Waals surface area contributed by atoms with E-state index in [1.165, 1.54) is 7.11 Å². The molecule has 3 N–H and O–H groups in total. The molecule has 13 heteroatoms. The maximum atomic E-state index is 13.5. The van der Waals surface area contributed by atoms with Crippen molar-refractivity contribution < 1.29 is 22.7 Å². The second-order valence-corrected chi connectivity index (χ2v) is 16.1. The van der Waals surface area contributed by atoms with Gasteiger partial charge in [0.05, 0.1) is 43.0 Å². The minimum absolute atomic E-state index is 0.207. The van der Waals surface area contributed by atoms with Crippen molar-refractivity contribution in [1.29, 1.82) is 0 Å². The minimum atomic E-state index is -3.60. The molecular formula is C36H47N7O5S. The number of hydrogen-bond acceptors (Lipinski definition) is 8. The highest BCUT2D eigenvalue weighted by atomic mass is 32.2. The van der Waals surface area contributed by atoms with Gasteiger partial charge in [0.1, 0.15) is 11.9 Å². The molecule has 2 aromatic heterocycles. The van der Waals surface area contributed by atoms with Gasteiger partial charge in [0.25, 0.3) is 0 Å². The summed E-state index contributed by atoms with van der Waals surface area (Å²) in [6, 6.07) is 15.4. The van der Waals surface area contributed by atoms with Crippen molar-refractivity contribution in [1.82, 2.24) is 24.8 Å². The minimum Gasteiger partial charge on any atom is -0.492 e. The molecule has 1 unspecified atom stereocenters. The summed E-state index contributed by atoms with van der Waals surface area (Å²) < 4.78 is 41.1. The SMILES string of the molecule is COc1c(NC(=O)N[C@H]2CC[C@@H](Oc3ccc4nnc(C5CCCN5C(C)C)n4c3)c3ccccc32)cc(C(C)(C)C)cc1NS(C)(=O)=O. The van der Waals surface area contributed by atoms with E-state index in [9.17, 15) is 13.2 Å². The lowest BCUT2D eigenvalue weighted by atomic mass is 9.85. The number of sulfonamides is 1. The summed E-state index contributed by atoms with van der Waals surface area (Å²) in [6.45, 7) is 11.5. The van der Waals surface area contributed by atoms with Crippen LogP contribution in [-0.2, 0) is 15.4 Å². The Kier molecular flexibility index (Phi) is 9.51. The van der Waals surface area contributed by atoms with Crippen LogP contribution in [0.4, 0.5) is 16.2 Å². The monoisotopic (exact) mass is 689 g/mol. The van der Waals surface area contributed by atoms with Gasteiger partial charge in [-0.2, -0.15) is 0 Å². The molecule has 1 saturated heterocycles. The van der Waals surface area contributed by atoms with Crippen LogP contribution in [0, 0.1) is 0 Å². The molecule has 2 aromatic carbocycles. The smallest absolute Gasteiger partial charge is 0.319 e. The van der Waals surface area contributed by atoms with Gasteiger partial charge in [-0.15, -0.1) is 10.2 Å². The van der Waals surface area contributed by atoms with Crippen LogP contribution in [-0.4, -0.2) is 59.9 Å². The van der Waals surface area contributed by atoms with Crippen molar-refractivity contribution in [2.45, 2.75) is 89.9 Å². The van der Waals surface area contributed by atoms with Crippen molar-refractivity contribution in [2.24, 2.45) is 0 Å². The number of fused-ring (bicyclic) bond motifs is 2. The van der Waals surface area contributed by atoms with Gasteiger partial charge in [0, 0.05) is 6.04 Å². The Morgan fingerprint density at radius 3 is 2.43 bits per heavy atom. The number of likely N-dealkylation sites (tertiary alicyclic amines) is 1. The van der Waals surface area contributed by atoms with Crippen LogP contribution in [0.25, 0.3) is 5.65 Å². The second kappa shape index (κ2) is 13.5.